The van der Waals surface area contributed by atoms with E-state index >= 15 is 0 Å². The van der Waals surface area contributed by atoms with E-state index < -0.39 is 11.7 Å². The Kier molecular flexibility index (Phi) is 4.51. The Balaban J connectivity index is 2.08. The van der Waals surface area contributed by atoms with Crippen LogP contribution in [0.4, 0.5) is 13.2 Å². The van der Waals surface area contributed by atoms with Crippen LogP contribution in [-0.4, -0.2) is 5.78 Å². The number of rotatable bonds is 3. The summed E-state index contributed by atoms with van der Waals surface area (Å²) in [6.07, 6.45) is 0.855. The average molecular weight is 284 g/mol. The lowest BCUT2D eigenvalue weighted by molar-refractivity contribution is -0.137. The van der Waals surface area contributed by atoms with Gasteiger partial charge in [0.1, 0.15) is 5.78 Å². The van der Waals surface area contributed by atoms with E-state index in [-0.39, 0.29) is 17.6 Å². The number of carbonyl (C=O) groups excluding carboxylic acids is 1. The summed E-state index contributed by atoms with van der Waals surface area (Å²) in [4.78, 5) is 12.4. The molecule has 110 valence electrons. The third-order valence-electron chi connectivity index (χ3n) is 4.17. The van der Waals surface area contributed by atoms with Crippen molar-refractivity contribution in [2.75, 3.05) is 0 Å². The third-order valence-corrected chi connectivity index (χ3v) is 4.17. The SMILES string of the molecule is C[C@@H](C(=O)C1CCCCC1)c1ccc(C(F)(F)F)cc1. The number of hydrogen-bond acceptors (Lipinski definition) is 1. The van der Waals surface area contributed by atoms with Gasteiger partial charge in [0.05, 0.1) is 5.56 Å². The minimum atomic E-state index is -4.32. The van der Waals surface area contributed by atoms with Crippen molar-refractivity contribution >= 4 is 5.78 Å². The fourth-order valence-electron chi connectivity index (χ4n) is 2.87. The molecule has 0 saturated heterocycles. The van der Waals surface area contributed by atoms with E-state index in [2.05, 4.69) is 0 Å². The van der Waals surface area contributed by atoms with E-state index in [0.717, 1.165) is 37.8 Å². The van der Waals surface area contributed by atoms with Gasteiger partial charge in [-0.25, -0.2) is 0 Å². The Labute approximate surface area is 117 Å². The zero-order chi connectivity index (χ0) is 14.8. The highest BCUT2D eigenvalue weighted by atomic mass is 19.4. The summed E-state index contributed by atoms with van der Waals surface area (Å²) in [5.74, 6) is -0.0640. The van der Waals surface area contributed by atoms with Gasteiger partial charge in [-0.3, -0.25) is 4.79 Å². The average Bonchev–Trinajstić information content (AvgIpc) is 2.46. The second kappa shape index (κ2) is 5.98. The Morgan fingerprint density at radius 3 is 2.15 bits per heavy atom. The first-order valence-electron chi connectivity index (χ1n) is 7.10. The second-order valence-corrected chi connectivity index (χ2v) is 5.58. The van der Waals surface area contributed by atoms with Gasteiger partial charge in [-0.05, 0) is 30.5 Å². The fraction of sp³-hybridized carbons (Fsp3) is 0.562. The first-order chi connectivity index (χ1) is 9.39. The molecule has 0 bridgehead atoms. The molecule has 20 heavy (non-hydrogen) atoms. The highest BCUT2D eigenvalue weighted by Crippen LogP contribution is 2.32. The Morgan fingerprint density at radius 2 is 1.65 bits per heavy atom. The molecule has 0 spiro atoms. The molecule has 1 atom stereocenters. The molecule has 1 fully saturated rings. The number of carbonyl (C=O) groups is 1. The third kappa shape index (κ3) is 3.41. The Hall–Kier alpha value is -1.32. The summed E-state index contributed by atoms with van der Waals surface area (Å²) in [7, 11) is 0. The maximum atomic E-state index is 12.5. The van der Waals surface area contributed by atoms with E-state index in [4.69, 9.17) is 0 Å². The van der Waals surface area contributed by atoms with Crippen molar-refractivity contribution in [3.8, 4) is 0 Å². The summed E-state index contributed by atoms with van der Waals surface area (Å²) in [5, 5.41) is 0. The zero-order valence-corrected chi connectivity index (χ0v) is 11.5. The maximum Gasteiger partial charge on any atom is 0.416 e. The van der Waals surface area contributed by atoms with Crippen molar-refractivity contribution in [1.29, 1.82) is 0 Å². The number of benzene rings is 1. The summed E-state index contributed by atoms with van der Waals surface area (Å²) < 4.78 is 37.5. The van der Waals surface area contributed by atoms with Crippen LogP contribution in [0.2, 0.25) is 0 Å². The standard InChI is InChI=1S/C16H19F3O/c1-11(15(20)13-5-3-2-4-6-13)12-7-9-14(10-8-12)16(17,18)19/h7-11,13H,2-6H2,1H3/t11-/m1/s1. The molecule has 0 N–H and O–H groups in total. The smallest absolute Gasteiger partial charge is 0.299 e. The highest BCUT2D eigenvalue weighted by Gasteiger charge is 2.31. The summed E-state index contributed by atoms with van der Waals surface area (Å²) in [6, 6.07) is 4.96. The minimum absolute atomic E-state index is 0.0843. The molecule has 0 unspecified atom stereocenters. The highest BCUT2D eigenvalue weighted by molar-refractivity contribution is 5.87. The van der Waals surface area contributed by atoms with Gasteiger partial charge in [0.25, 0.3) is 0 Å². The van der Waals surface area contributed by atoms with Gasteiger partial charge < -0.3 is 0 Å². The monoisotopic (exact) mass is 284 g/mol. The van der Waals surface area contributed by atoms with E-state index in [1.165, 1.54) is 18.6 Å². The molecule has 1 aromatic rings. The largest absolute Gasteiger partial charge is 0.416 e. The second-order valence-electron chi connectivity index (χ2n) is 5.58. The van der Waals surface area contributed by atoms with Crippen molar-refractivity contribution in [3.05, 3.63) is 35.4 Å². The zero-order valence-electron chi connectivity index (χ0n) is 11.5. The van der Waals surface area contributed by atoms with Crippen LogP contribution in [0.3, 0.4) is 0 Å². The predicted octanol–water partition coefficient (Wildman–Crippen LogP) is 4.96. The molecule has 1 aromatic carbocycles. The normalized spacial score (nSPS) is 18.8. The Morgan fingerprint density at radius 1 is 1.10 bits per heavy atom. The number of alkyl halides is 3. The lowest BCUT2D eigenvalue weighted by Gasteiger charge is -2.23. The molecule has 1 saturated carbocycles. The first-order valence-corrected chi connectivity index (χ1v) is 7.10. The van der Waals surface area contributed by atoms with E-state index in [1.807, 2.05) is 0 Å². The number of Topliss-reactive ketones (excluding diaryl/α,β-unsaturated/α-hetero) is 1. The van der Waals surface area contributed by atoms with E-state index in [9.17, 15) is 18.0 Å². The van der Waals surface area contributed by atoms with E-state index in [0.29, 0.717) is 5.56 Å². The summed E-state index contributed by atoms with van der Waals surface area (Å²) in [6.45, 7) is 1.79. The molecule has 0 aliphatic heterocycles. The molecule has 0 heterocycles. The first kappa shape index (κ1) is 15.1. The topological polar surface area (TPSA) is 17.1 Å². The lowest BCUT2D eigenvalue weighted by atomic mass is 9.80. The van der Waals surface area contributed by atoms with Crippen LogP contribution < -0.4 is 0 Å². The molecule has 1 aliphatic carbocycles. The summed E-state index contributed by atoms with van der Waals surface area (Å²) in [5.41, 5.74) is 0.00661. The molecule has 1 nitrogen and oxygen atoms in total. The van der Waals surface area contributed by atoms with Crippen LogP contribution in [0.25, 0.3) is 0 Å². The summed E-state index contributed by atoms with van der Waals surface area (Å²) >= 11 is 0. The van der Waals surface area contributed by atoms with Gasteiger partial charge >= 0.3 is 6.18 Å². The van der Waals surface area contributed by atoms with Gasteiger partial charge in [0, 0.05) is 11.8 Å². The minimum Gasteiger partial charge on any atom is -0.299 e. The Bertz CT molecular complexity index is 456. The molecular weight excluding hydrogens is 265 g/mol. The van der Waals surface area contributed by atoms with Crippen molar-refractivity contribution < 1.29 is 18.0 Å². The van der Waals surface area contributed by atoms with Gasteiger partial charge in [-0.2, -0.15) is 13.2 Å². The van der Waals surface area contributed by atoms with E-state index in [1.54, 1.807) is 6.92 Å². The van der Waals surface area contributed by atoms with Crippen LogP contribution in [-0.2, 0) is 11.0 Å². The number of hydrogen-bond donors (Lipinski definition) is 0. The molecule has 2 rings (SSSR count). The molecule has 4 heteroatoms. The van der Waals surface area contributed by atoms with Gasteiger partial charge in [-0.15, -0.1) is 0 Å². The van der Waals surface area contributed by atoms with Crippen LogP contribution >= 0.6 is 0 Å². The van der Waals surface area contributed by atoms with Crippen molar-refractivity contribution in [3.63, 3.8) is 0 Å². The van der Waals surface area contributed by atoms with Gasteiger partial charge in [-0.1, -0.05) is 38.3 Å². The predicted molar refractivity (Wildman–Crippen MR) is 71.4 cm³/mol. The quantitative estimate of drug-likeness (QED) is 0.766. The number of halogens is 3. The molecule has 1 aliphatic rings. The fourth-order valence-corrected chi connectivity index (χ4v) is 2.87. The van der Waals surface area contributed by atoms with Crippen LogP contribution in [0, 0.1) is 5.92 Å². The van der Waals surface area contributed by atoms with Crippen molar-refractivity contribution in [2.24, 2.45) is 5.92 Å². The van der Waals surface area contributed by atoms with Crippen LogP contribution in [0.1, 0.15) is 56.1 Å². The maximum absolute atomic E-state index is 12.5. The van der Waals surface area contributed by atoms with Gasteiger partial charge in [0.15, 0.2) is 0 Å². The van der Waals surface area contributed by atoms with Crippen molar-refractivity contribution in [1.82, 2.24) is 0 Å². The molecule has 0 aromatic heterocycles. The molecule has 0 amide bonds. The van der Waals surface area contributed by atoms with Crippen LogP contribution in [0.15, 0.2) is 24.3 Å². The molecule has 0 radical (unpaired) electrons. The van der Waals surface area contributed by atoms with Crippen molar-refractivity contribution in [2.45, 2.75) is 51.1 Å². The lowest BCUT2D eigenvalue weighted by Crippen LogP contribution is -2.22. The van der Waals surface area contributed by atoms with Crippen LogP contribution in [0.5, 0.6) is 0 Å². The molecular formula is C16H19F3O. The van der Waals surface area contributed by atoms with Gasteiger partial charge in [0.2, 0.25) is 0 Å². The number of ketones is 1.